The van der Waals surface area contributed by atoms with Crippen molar-refractivity contribution in [3.05, 3.63) is 65.5 Å². The maximum atomic E-state index is 13.1. The first-order valence-corrected chi connectivity index (χ1v) is 9.37. The third kappa shape index (κ3) is 4.01. The van der Waals surface area contributed by atoms with E-state index < -0.39 is 23.1 Å². The monoisotopic (exact) mass is 385 g/mol. The molecule has 0 aliphatic heterocycles. The van der Waals surface area contributed by atoms with Gasteiger partial charge in [0, 0.05) is 6.54 Å². The molecule has 2 N–H and O–H groups in total. The van der Waals surface area contributed by atoms with Gasteiger partial charge >= 0.3 is 5.97 Å². The Morgan fingerprint density at radius 2 is 1.71 bits per heavy atom. The fourth-order valence-electron chi connectivity index (χ4n) is 3.94. The second kappa shape index (κ2) is 8.42. The molecule has 148 valence electrons. The molecule has 0 bridgehead atoms. The molecule has 0 saturated heterocycles. The summed E-state index contributed by atoms with van der Waals surface area (Å²) in [5, 5.41) is 12.4. The van der Waals surface area contributed by atoms with E-state index in [2.05, 4.69) is 5.32 Å². The van der Waals surface area contributed by atoms with Crippen LogP contribution in [0.4, 0.5) is 4.39 Å². The predicted molar refractivity (Wildman–Crippen MR) is 103 cm³/mol. The third-order valence-corrected chi connectivity index (χ3v) is 5.57. The van der Waals surface area contributed by atoms with Gasteiger partial charge in [0.25, 0.3) is 0 Å². The normalized spacial score (nSPS) is 16.4. The molecule has 0 heterocycles. The topological polar surface area (TPSA) is 75.6 Å². The van der Waals surface area contributed by atoms with Gasteiger partial charge in [0.15, 0.2) is 0 Å². The van der Waals surface area contributed by atoms with Gasteiger partial charge in [-0.1, -0.05) is 37.1 Å². The fourth-order valence-corrected chi connectivity index (χ4v) is 3.94. The summed E-state index contributed by atoms with van der Waals surface area (Å²) in [6.07, 6.45) is 3.33. The Morgan fingerprint density at radius 3 is 2.25 bits per heavy atom. The first-order valence-electron chi connectivity index (χ1n) is 9.37. The highest BCUT2D eigenvalue weighted by molar-refractivity contribution is 5.89. The largest absolute Gasteiger partial charge is 0.497 e. The minimum atomic E-state index is -1.06. The Hall–Kier alpha value is -2.89. The molecule has 1 amide bonds. The Bertz CT molecular complexity index is 827. The van der Waals surface area contributed by atoms with Crippen LogP contribution in [-0.2, 0) is 15.0 Å². The molecule has 28 heavy (non-hydrogen) atoms. The molecule has 0 spiro atoms. The lowest BCUT2D eigenvalue weighted by molar-refractivity contribution is -0.138. The Balaban J connectivity index is 1.78. The highest BCUT2D eigenvalue weighted by Crippen LogP contribution is 2.42. The molecule has 1 aliphatic rings. The number of rotatable bonds is 7. The van der Waals surface area contributed by atoms with E-state index in [-0.39, 0.29) is 12.5 Å². The number of carbonyl (C=O) groups excluding carboxylic acids is 1. The number of hydrogen-bond donors (Lipinski definition) is 2. The van der Waals surface area contributed by atoms with Crippen molar-refractivity contribution in [3.8, 4) is 5.75 Å². The van der Waals surface area contributed by atoms with Crippen molar-refractivity contribution in [1.82, 2.24) is 5.32 Å². The Kier molecular flexibility index (Phi) is 5.97. The molecule has 5 nitrogen and oxygen atoms in total. The van der Waals surface area contributed by atoms with Crippen LogP contribution < -0.4 is 10.1 Å². The average Bonchev–Trinajstić information content (AvgIpc) is 3.20. The van der Waals surface area contributed by atoms with E-state index in [1.165, 1.54) is 24.3 Å². The predicted octanol–water partition coefficient (Wildman–Crippen LogP) is 3.63. The number of ether oxygens (including phenoxy) is 1. The van der Waals surface area contributed by atoms with Crippen molar-refractivity contribution in [2.45, 2.75) is 37.0 Å². The molecule has 6 heteroatoms. The summed E-state index contributed by atoms with van der Waals surface area (Å²) in [5.41, 5.74) is 0.717. The number of carboxylic acid groups (broad SMARTS) is 1. The van der Waals surface area contributed by atoms with Gasteiger partial charge in [-0.15, -0.1) is 0 Å². The van der Waals surface area contributed by atoms with Crippen LogP contribution in [0.2, 0.25) is 0 Å². The van der Waals surface area contributed by atoms with E-state index in [0.29, 0.717) is 5.56 Å². The number of hydrogen-bond acceptors (Lipinski definition) is 3. The zero-order chi connectivity index (χ0) is 20.1. The minimum Gasteiger partial charge on any atom is -0.497 e. The molecule has 1 atom stereocenters. The van der Waals surface area contributed by atoms with E-state index >= 15 is 0 Å². The van der Waals surface area contributed by atoms with Gasteiger partial charge in [-0.05, 0) is 48.2 Å². The number of aliphatic carboxylic acids is 1. The van der Waals surface area contributed by atoms with E-state index in [1.807, 2.05) is 24.3 Å². The molecule has 1 aliphatic carbocycles. The summed E-state index contributed by atoms with van der Waals surface area (Å²) in [4.78, 5) is 24.8. The van der Waals surface area contributed by atoms with Crippen molar-refractivity contribution in [2.75, 3.05) is 13.7 Å². The summed E-state index contributed by atoms with van der Waals surface area (Å²) < 4.78 is 18.3. The molecule has 1 unspecified atom stereocenters. The maximum absolute atomic E-state index is 13.1. The average molecular weight is 385 g/mol. The number of amides is 1. The van der Waals surface area contributed by atoms with E-state index in [9.17, 15) is 19.1 Å². The first-order chi connectivity index (χ1) is 13.5. The third-order valence-electron chi connectivity index (χ3n) is 5.57. The van der Waals surface area contributed by atoms with Gasteiger partial charge in [0.2, 0.25) is 5.91 Å². The number of benzene rings is 2. The van der Waals surface area contributed by atoms with E-state index in [1.54, 1.807) is 7.11 Å². The molecule has 1 saturated carbocycles. The lowest BCUT2D eigenvalue weighted by Gasteiger charge is -2.29. The first kappa shape index (κ1) is 19.9. The van der Waals surface area contributed by atoms with Crippen LogP contribution in [0.25, 0.3) is 0 Å². The fraction of sp³-hybridized carbons (Fsp3) is 0.364. The molecule has 3 rings (SSSR count). The second-order valence-corrected chi connectivity index (χ2v) is 7.17. The zero-order valence-electron chi connectivity index (χ0n) is 15.8. The van der Waals surface area contributed by atoms with Crippen LogP contribution in [0.1, 0.15) is 42.7 Å². The van der Waals surface area contributed by atoms with Crippen molar-refractivity contribution >= 4 is 11.9 Å². The van der Waals surface area contributed by atoms with Crippen LogP contribution in [0.15, 0.2) is 48.5 Å². The smallest absolute Gasteiger partial charge is 0.312 e. The van der Waals surface area contributed by atoms with Crippen molar-refractivity contribution < 1.29 is 23.8 Å². The summed E-state index contributed by atoms with van der Waals surface area (Å²) in [6, 6.07) is 12.8. The molecule has 2 aromatic rings. The second-order valence-electron chi connectivity index (χ2n) is 7.17. The van der Waals surface area contributed by atoms with E-state index in [4.69, 9.17) is 4.74 Å². The van der Waals surface area contributed by atoms with Gasteiger partial charge in [-0.25, -0.2) is 4.39 Å². The van der Waals surface area contributed by atoms with Crippen LogP contribution in [0.5, 0.6) is 5.75 Å². The van der Waals surface area contributed by atoms with Gasteiger partial charge in [-0.3, -0.25) is 9.59 Å². The van der Waals surface area contributed by atoms with Crippen LogP contribution >= 0.6 is 0 Å². The van der Waals surface area contributed by atoms with Gasteiger partial charge < -0.3 is 15.2 Å². The molecular formula is C22H24FNO4. The van der Waals surface area contributed by atoms with Crippen LogP contribution in [-0.4, -0.2) is 30.6 Å². The van der Waals surface area contributed by atoms with Gasteiger partial charge in [-0.2, -0.15) is 0 Å². The van der Waals surface area contributed by atoms with Crippen molar-refractivity contribution in [1.29, 1.82) is 0 Å². The van der Waals surface area contributed by atoms with Crippen molar-refractivity contribution in [2.24, 2.45) is 0 Å². The number of carbonyl (C=O) groups is 2. The highest BCUT2D eigenvalue weighted by atomic mass is 19.1. The molecule has 0 radical (unpaired) electrons. The molecule has 1 fully saturated rings. The standard InChI is InChI=1S/C22H24FNO4/c1-28-18-10-6-16(7-11-18)22(12-2-3-13-22)21(27)24-14-19(20(25)26)15-4-8-17(23)9-5-15/h4-11,19H,2-3,12-14H2,1H3,(H,24,27)(H,25,26). The number of carboxylic acids is 1. The molecular weight excluding hydrogens is 361 g/mol. The summed E-state index contributed by atoms with van der Waals surface area (Å²) in [5.74, 6) is -1.86. The number of halogens is 1. The van der Waals surface area contributed by atoms with Gasteiger partial charge in [0.05, 0.1) is 18.4 Å². The lowest BCUT2D eigenvalue weighted by atomic mass is 9.78. The quantitative estimate of drug-likeness (QED) is 0.763. The number of nitrogens with one attached hydrogen (secondary N) is 1. The van der Waals surface area contributed by atoms with Crippen LogP contribution in [0.3, 0.4) is 0 Å². The lowest BCUT2D eigenvalue weighted by Crippen LogP contribution is -2.44. The maximum Gasteiger partial charge on any atom is 0.312 e. The van der Waals surface area contributed by atoms with Gasteiger partial charge in [0.1, 0.15) is 11.6 Å². The highest BCUT2D eigenvalue weighted by Gasteiger charge is 2.42. The van der Waals surface area contributed by atoms with E-state index in [0.717, 1.165) is 37.0 Å². The van der Waals surface area contributed by atoms with Crippen LogP contribution in [0, 0.1) is 5.82 Å². The summed E-state index contributed by atoms with van der Waals surface area (Å²) >= 11 is 0. The Morgan fingerprint density at radius 1 is 1.11 bits per heavy atom. The summed E-state index contributed by atoms with van der Waals surface area (Å²) in [7, 11) is 1.59. The summed E-state index contributed by atoms with van der Waals surface area (Å²) in [6.45, 7) is -0.0439. The SMILES string of the molecule is COc1ccc(C2(C(=O)NCC(C(=O)O)c3ccc(F)cc3)CCCC2)cc1. The Labute approximate surface area is 163 Å². The number of methoxy groups -OCH3 is 1. The zero-order valence-corrected chi connectivity index (χ0v) is 15.8. The molecule has 2 aromatic carbocycles. The minimum absolute atomic E-state index is 0.0439. The molecule has 0 aromatic heterocycles. The van der Waals surface area contributed by atoms with Crippen molar-refractivity contribution in [3.63, 3.8) is 0 Å².